The molecule has 0 radical (unpaired) electrons. The molecule has 1 aromatic rings. The van der Waals surface area contributed by atoms with Crippen LogP contribution in [0.15, 0.2) is 30.3 Å². The van der Waals surface area contributed by atoms with Gasteiger partial charge in [0.15, 0.2) is 0 Å². The van der Waals surface area contributed by atoms with Crippen LogP contribution in [-0.2, 0) is 9.53 Å². The Balaban J connectivity index is 1.95. The van der Waals surface area contributed by atoms with Crippen LogP contribution in [0, 0.1) is 0 Å². The first-order chi connectivity index (χ1) is 11.0. The van der Waals surface area contributed by atoms with Crippen LogP contribution in [0.4, 0.5) is 0 Å². The minimum atomic E-state index is -0.0540. The minimum Gasteiger partial charge on any atom is -0.379 e. The number of nitrogens with zero attached hydrogens (tertiary/aromatic N) is 1. The van der Waals surface area contributed by atoms with Crippen molar-refractivity contribution >= 4 is 5.91 Å². The van der Waals surface area contributed by atoms with Crippen molar-refractivity contribution in [1.29, 1.82) is 0 Å². The summed E-state index contributed by atoms with van der Waals surface area (Å²) in [6.45, 7) is 10.6. The molecule has 0 aromatic heterocycles. The third kappa shape index (κ3) is 5.05. The molecule has 0 bridgehead atoms. The molecule has 128 valence electrons. The van der Waals surface area contributed by atoms with Gasteiger partial charge in [0.05, 0.1) is 19.1 Å². The maximum atomic E-state index is 12.7. The second-order valence-electron chi connectivity index (χ2n) is 6.88. The number of carbonyl (C=O) groups excluding carboxylic acids is 1. The van der Waals surface area contributed by atoms with Crippen LogP contribution in [0.25, 0.3) is 0 Å². The molecule has 1 amide bonds. The molecular weight excluding hydrogens is 288 g/mol. The molecule has 23 heavy (non-hydrogen) atoms. The molecule has 1 N–H and O–H groups in total. The lowest BCUT2D eigenvalue weighted by atomic mass is 9.93. The maximum absolute atomic E-state index is 12.7. The monoisotopic (exact) mass is 318 g/mol. The third-order valence-electron chi connectivity index (χ3n) is 4.66. The summed E-state index contributed by atoms with van der Waals surface area (Å²) in [5.41, 5.74) is 1.06. The summed E-state index contributed by atoms with van der Waals surface area (Å²) in [4.78, 5) is 15.1. The van der Waals surface area contributed by atoms with Crippen LogP contribution < -0.4 is 5.32 Å². The van der Waals surface area contributed by atoms with Crippen molar-refractivity contribution in [3.8, 4) is 0 Å². The highest BCUT2D eigenvalue weighted by Gasteiger charge is 2.29. The van der Waals surface area contributed by atoms with Gasteiger partial charge < -0.3 is 10.1 Å². The second-order valence-corrected chi connectivity index (χ2v) is 6.88. The fourth-order valence-electron chi connectivity index (χ4n) is 3.13. The van der Waals surface area contributed by atoms with Crippen molar-refractivity contribution in [1.82, 2.24) is 10.2 Å². The summed E-state index contributed by atoms with van der Waals surface area (Å²) in [7, 11) is 0. The number of hydrogen-bond acceptors (Lipinski definition) is 3. The van der Waals surface area contributed by atoms with Crippen molar-refractivity contribution < 1.29 is 9.53 Å². The molecule has 1 aromatic carbocycles. The lowest BCUT2D eigenvalue weighted by Crippen LogP contribution is -2.55. The van der Waals surface area contributed by atoms with Crippen molar-refractivity contribution in [2.24, 2.45) is 0 Å². The van der Waals surface area contributed by atoms with Crippen LogP contribution >= 0.6 is 0 Å². The fraction of sp³-hybridized carbons (Fsp3) is 0.632. The summed E-state index contributed by atoms with van der Waals surface area (Å²) < 4.78 is 5.42. The number of benzene rings is 1. The Kier molecular flexibility index (Phi) is 6.60. The fourth-order valence-corrected chi connectivity index (χ4v) is 3.13. The van der Waals surface area contributed by atoms with Gasteiger partial charge in [-0.2, -0.15) is 0 Å². The first-order valence-corrected chi connectivity index (χ1v) is 8.70. The predicted molar refractivity (Wildman–Crippen MR) is 93.6 cm³/mol. The van der Waals surface area contributed by atoms with E-state index in [0.717, 1.165) is 44.7 Å². The summed E-state index contributed by atoms with van der Waals surface area (Å²) in [6.07, 6.45) is 1.88. The Morgan fingerprint density at radius 3 is 2.52 bits per heavy atom. The van der Waals surface area contributed by atoms with Gasteiger partial charge in [0.25, 0.3) is 0 Å². The van der Waals surface area contributed by atoms with E-state index in [-0.39, 0.29) is 17.4 Å². The SMILES string of the molecule is CCCC(C(=O)NCC(C)(C)N1CCOCC1)c1ccccc1. The van der Waals surface area contributed by atoms with E-state index in [1.807, 2.05) is 30.3 Å². The Morgan fingerprint density at radius 1 is 1.26 bits per heavy atom. The lowest BCUT2D eigenvalue weighted by molar-refractivity contribution is -0.123. The molecule has 0 spiro atoms. The highest BCUT2D eigenvalue weighted by Crippen LogP contribution is 2.22. The standard InChI is InChI=1S/C19H30N2O2/c1-4-8-17(16-9-6-5-7-10-16)18(22)20-15-19(2,3)21-11-13-23-14-12-21/h5-7,9-10,17H,4,8,11-15H2,1-3H3,(H,20,22). The van der Waals surface area contributed by atoms with Gasteiger partial charge in [-0.05, 0) is 25.8 Å². The molecule has 4 nitrogen and oxygen atoms in total. The smallest absolute Gasteiger partial charge is 0.227 e. The zero-order valence-corrected chi connectivity index (χ0v) is 14.7. The Labute approximate surface area is 140 Å². The number of rotatable bonds is 7. The normalized spacial score (nSPS) is 17.7. The van der Waals surface area contributed by atoms with E-state index in [2.05, 4.69) is 31.0 Å². The quantitative estimate of drug-likeness (QED) is 0.840. The van der Waals surface area contributed by atoms with Crippen LogP contribution in [0.2, 0.25) is 0 Å². The van der Waals surface area contributed by atoms with E-state index in [1.54, 1.807) is 0 Å². The first kappa shape index (κ1) is 18.0. The van der Waals surface area contributed by atoms with Crippen LogP contribution in [0.5, 0.6) is 0 Å². The van der Waals surface area contributed by atoms with Crippen molar-refractivity contribution in [2.75, 3.05) is 32.8 Å². The first-order valence-electron chi connectivity index (χ1n) is 8.70. The van der Waals surface area contributed by atoms with E-state index in [0.29, 0.717) is 6.54 Å². The highest BCUT2D eigenvalue weighted by atomic mass is 16.5. The summed E-state index contributed by atoms with van der Waals surface area (Å²) in [6, 6.07) is 10.1. The predicted octanol–water partition coefficient (Wildman–Crippen LogP) is 2.80. The molecule has 0 aliphatic carbocycles. The zero-order chi connectivity index (χ0) is 16.7. The van der Waals surface area contributed by atoms with Gasteiger partial charge in [-0.15, -0.1) is 0 Å². The summed E-state index contributed by atoms with van der Waals surface area (Å²) in [5.74, 6) is 0.0843. The highest BCUT2D eigenvalue weighted by molar-refractivity contribution is 5.83. The van der Waals surface area contributed by atoms with E-state index in [4.69, 9.17) is 4.74 Å². The Hall–Kier alpha value is -1.39. The van der Waals surface area contributed by atoms with Gasteiger partial charge in [-0.1, -0.05) is 43.7 Å². The third-order valence-corrected chi connectivity index (χ3v) is 4.66. The van der Waals surface area contributed by atoms with Crippen LogP contribution in [-0.4, -0.2) is 49.2 Å². The Morgan fingerprint density at radius 2 is 1.91 bits per heavy atom. The summed E-state index contributed by atoms with van der Waals surface area (Å²) >= 11 is 0. The molecule has 1 atom stereocenters. The van der Waals surface area contributed by atoms with E-state index in [9.17, 15) is 4.79 Å². The topological polar surface area (TPSA) is 41.6 Å². The molecule has 1 unspecified atom stereocenters. The Bertz CT molecular complexity index is 481. The largest absolute Gasteiger partial charge is 0.379 e. The molecule has 2 rings (SSSR count). The van der Waals surface area contributed by atoms with Crippen molar-refractivity contribution in [2.45, 2.75) is 45.1 Å². The van der Waals surface area contributed by atoms with Gasteiger partial charge in [0.1, 0.15) is 0 Å². The number of carbonyl (C=O) groups is 1. The molecule has 1 saturated heterocycles. The molecule has 1 heterocycles. The molecular formula is C19H30N2O2. The van der Waals surface area contributed by atoms with Crippen LogP contribution in [0.3, 0.4) is 0 Å². The van der Waals surface area contributed by atoms with Gasteiger partial charge >= 0.3 is 0 Å². The zero-order valence-electron chi connectivity index (χ0n) is 14.7. The number of nitrogens with one attached hydrogen (secondary N) is 1. The molecule has 1 fully saturated rings. The number of amides is 1. The van der Waals surface area contributed by atoms with Gasteiger partial charge in [0, 0.05) is 25.2 Å². The summed E-state index contributed by atoms with van der Waals surface area (Å²) in [5, 5.41) is 3.18. The van der Waals surface area contributed by atoms with E-state index < -0.39 is 0 Å². The lowest BCUT2D eigenvalue weighted by Gasteiger charge is -2.41. The van der Waals surface area contributed by atoms with Gasteiger partial charge in [-0.3, -0.25) is 9.69 Å². The molecule has 0 saturated carbocycles. The van der Waals surface area contributed by atoms with E-state index >= 15 is 0 Å². The minimum absolute atomic E-state index is 0.0487. The van der Waals surface area contributed by atoms with E-state index in [1.165, 1.54) is 0 Å². The van der Waals surface area contributed by atoms with Crippen molar-refractivity contribution in [3.05, 3.63) is 35.9 Å². The number of morpholine rings is 1. The van der Waals surface area contributed by atoms with Gasteiger partial charge in [-0.25, -0.2) is 0 Å². The van der Waals surface area contributed by atoms with Crippen LogP contribution in [0.1, 0.15) is 45.1 Å². The number of hydrogen-bond donors (Lipinski definition) is 1. The van der Waals surface area contributed by atoms with Crippen molar-refractivity contribution in [3.63, 3.8) is 0 Å². The number of ether oxygens (including phenoxy) is 1. The average molecular weight is 318 g/mol. The molecule has 1 aliphatic heterocycles. The average Bonchev–Trinajstić information content (AvgIpc) is 2.59. The second kappa shape index (κ2) is 8.46. The van der Waals surface area contributed by atoms with Gasteiger partial charge in [0.2, 0.25) is 5.91 Å². The maximum Gasteiger partial charge on any atom is 0.227 e. The molecule has 4 heteroatoms. The molecule has 1 aliphatic rings.